The Balaban J connectivity index is 1.81. The monoisotopic (exact) mass is 282 g/mol. The van der Waals surface area contributed by atoms with E-state index >= 15 is 0 Å². The van der Waals surface area contributed by atoms with Gasteiger partial charge in [0.05, 0.1) is 0 Å². The highest BCUT2D eigenvalue weighted by Crippen LogP contribution is 2.29. The summed E-state index contributed by atoms with van der Waals surface area (Å²) in [7, 11) is 0. The molecule has 1 atom stereocenters. The Hall–Kier alpha value is -1.97. The zero-order valence-electron chi connectivity index (χ0n) is 11.8. The summed E-state index contributed by atoms with van der Waals surface area (Å²) >= 11 is 0. The van der Waals surface area contributed by atoms with Gasteiger partial charge in [0.1, 0.15) is 12.7 Å². The van der Waals surface area contributed by atoms with Crippen molar-refractivity contribution in [3.8, 4) is 0 Å². The first-order valence-corrected chi connectivity index (χ1v) is 7.21. The first-order valence-electron chi connectivity index (χ1n) is 7.21. The van der Waals surface area contributed by atoms with Gasteiger partial charge in [0, 0.05) is 12.8 Å². The van der Waals surface area contributed by atoms with Gasteiger partial charge in [-0.15, -0.1) is 0 Å². The molecule has 0 radical (unpaired) electrons. The molecule has 3 nitrogen and oxygen atoms in total. The lowest BCUT2D eigenvalue weighted by Crippen LogP contribution is -2.29. The van der Waals surface area contributed by atoms with E-state index in [2.05, 4.69) is 0 Å². The van der Waals surface area contributed by atoms with E-state index in [0.29, 0.717) is 12.8 Å². The van der Waals surface area contributed by atoms with Gasteiger partial charge in [0.25, 0.3) is 0 Å². The Morgan fingerprint density at radius 2 is 1.52 bits per heavy atom. The van der Waals surface area contributed by atoms with E-state index in [1.807, 2.05) is 60.7 Å². The van der Waals surface area contributed by atoms with E-state index in [0.717, 1.165) is 11.1 Å². The Morgan fingerprint density at radius 1 is 0.952 bits per heavy atom. The minimum absolute atomic E-state index is 0.144. The number of carbonyl (C=O) groups excluding carboxylic acids is 1. The second-order valence-electron chi connectivity index (χ2n) is 5.16. The number of rotatable bonds is 4. The normalized spacial score (nSPS) is 18.9. The van der Waals surface area contributed by atoms with Crippen LogP contribution in [-0.2, 0) is 14.3 Å². The summed E-state index contributed by atoms with van der Waals surface area (Å²) in [5, 5.41) is 0. The number of Topliss-reactive ketones (excluding diaryl/α,β-unsaturated/α-hetero) is 1. The van der Waals surface area contributed by atoms with Crippen molar-refractivity contribution in [3.05, 3.63) is 71.8 Å². The highest BCUT2D eigenvalue weighted by Gasteiger charge is 2.24. The maximum atomic E-state index is 11.3. The molecule has 0 aliphatic carbocycles. The fourth-order valence-electron chi connectivity index (χ4n) is 2.48. The first-order chi connectivity index (χ1) is 10.3. The molecule has 1 aliphatic rings. The Morgan fingerprint density at radius 3 is 2.00 bits per heavy atom. The summed E-state index contributed by atoms with van der Waals surface area (Å²) in [5.41, 5.74) is 2.17. The largest absolute Gasteiger partial charge is 0.345 e. The Labute approximate surface area is 124 Å². The molecular formula is C18H18O3. The van der Waals surface area contributed by atoms with Crippen LogP contribution in [-0.4, -0.2) is 18.7 Å². The van der Waals surface area contributed by atoms with E-state index in [4.69, 9.17) is 9.47 Å². The van der Waals surface area contributed by atoms with Crippen molar-refractivity contribution in [1.82, 2.24) is 0 Å². The molecule has 3 rings (SSSR count). The summed E-state index contributed by atoms with van der Waals surface area (Å²) < 4.78 is 11.6. The molecular weight excluding hydrogens is 264 g/mol. The predicted molar refractivity (Wildman–Crippen MR) is 79.8 cm³/mol. The lowest BCUT2D eigenvalue weighted by molar-refractivity contribution is -0.185. The van der Waals surface area contributed by atoms with Crippen LogP contribution in [0, 0.1) is 0 Å². The fourth-order valence-corrected chi connectivity index (χ4v) is 2.48. The van der Waals surface area contributed by atoms with Crippen LogP contribution in [0.4, 0.5) is 0 Å². The average molecular weight is 282 g/mol. The van der Waals surface area contributed by atoms with Crippen LogP contribution in [0.5, 0.6) is 0 Å². The van der Waals surface area contributed by atoms with Crippen LogP contribution < -0.4 is 0 Å². The van der Waals surface area contributed by atoms with Gasteiger partial charge in [-0.05, 0) is 11.1 Å². The van der Waals surface area contributed by atoms with Crippen LogP contribution in [0.2, 0.25) is 0 Å². The summed E-state index contributed by atoms with van der Waals surface area (Å²) in [6.07, 6.45) is 0.648. The molecule has 1 heterocycles. The van der Waals surface area contributed by atoms with E-state index in [1.165, 1.54) is 0 Å². The lowest BCUT2D eigenvalue weighted by Gasteiger charge is -2.28. The highest BCUT2D eigenvalue weighted by atomic mass is 16.7. The molecule has 0 aromatic heterocycles. The van der Waals surface area contributed by atoms with E-state index in [1.54, 1.807) is 0 Å². The summed E-state index contributed by atoms with van der Waals surface area (Å²) in [6, 6.07) is 20.2. The van der Waals surface area contributed by atoms with Gasteiger partial charge < -0.3 is 9.47 Å². The van der Waals surface area contributed by atoms with Crippen molar-refractivity contribution in [1.29, 1.82) is 0 Å². The number of hydrogen-bond donors (Lipinski definition) is 0. The molecule has 21 heavy (non-hydrogen) atoms. The van der Waals surface area contributed by atoms with Gasteiger partial charge in [-0.2, -0.15) is 0 Å². The molecule has 0 N–H and O–H groups in total. The zero-order valence-corrected chi connectivity index (χ0v) is 11.8. The number of ketones is 1. The number of carbonyl (C=O) groups is 1. The summed E-state index contributed by atoms with van der Waals surface area (Å²) in [4.78, 5) is 11.3. The molecule has 0 bridgehead atoms. The van der Waals surface area contributed by atoms with E-state index < -0.39 is 0 Å². The minimum atomic E-state index is -0.326. The van der Waals surface area contributed by atoms with Crippen molar-refractivity contribution >= 4 is 5.78 Å². The third-order valence-corrected chi connectivity index (χ3v) is 3.58. The quantitative estimate of drug-likeness (QED) is 0.861. The second-order valence-corrected chi connectivity index (χ2v) is 5.16. The SMILES string of the molecule is O=C1CCC(OC(c2ccccc2)c2ccccc2)OC1. The van der Waals surface area contributed by atoms with Gasteiger partial charge in [-0.25, -0.2) is 0 Å². The predicted octanol–water partition coefficient (Wildman–Crippen LogP) is 3.50. The van der Waals surface area contributed by atoms with Crippen molar-refractivity contribution < 1.29 is 14.3 Å². The van der Waals surface area contributed by atoms with E-state index in [9.17, 15) is 4.79 Å². The molecule has 1 saturated heterocycles. The fraction of sp³-hybridized carbons (Fsp3) is 0.278. The van der Waals surface area contributed by atoms with Gasteiger partial charge >= 0.3 is 0 Å². The molecule has 1 fully saturated rings. The first kappa shape index (κ1) is 14.0. The number of hydrogen-bond acceptors (Lipinski definition) is 3. The molecule has 108 valence electrons. The Bertz CT molecular complexity index is 530. The van der Waals surface area contributed by atoms with Gasteiger partial charge in [0.2, 0.25) is 0 Å². The van der Waals surface area contributed by atoms with Crippen LogP contribution in [0.3, 0.4) is 0 Å². The highest BCUT2D eigenvalue weighted by molar-refractivity contribution is 5.80. The van der Waals surface area contributed by atoms with Crippen molar-refractivity contribution in [3.63, 3.8) is 0 Å². The van der Waals surface area contributed by atoms with Crippen LogP contribution in [0.25, 0.3) is 0 Å². The molecule has 1 aliphatic heterocycles. The standard InChI is InChI=1S/C18H18O3/c19-16-11-12-17(20-13-16)21-18(14-7-3-1-4-8-14)15-9-5-2-6-10-15/h1-10,17-18H,11-13H2. The Kier molecular flexibility index (Phi) is 4.43. The third-order valence-electron chi connectivity index (χ3n) is 3.58. The average Bonchev–Trinajstić information content (AvgIpc) is 2.56. The van der Waals surface area contributed by atoms with Crippen LogP contribution in [0.1, 0.15) is 30.1 Å². The molecule has 2 aromatic carbocycles. The summed E-state index contributed by atoms with van der Waals surface area (Å²) in [5.74, 6) is 0.144. The topological polar surface area (TPSA) is 35.5 Å². The molecule has 0 saturated carbocycles. The summed E-state index contributed by atoms with van der Waals surface area (Å²) in [6.45, 7) is 0.154. The molecule has 1 unspecified atom stereocenters. The van der Waals surface area contributed by atoms with Crippen LogP contribution >= 0.6 is 0 Å². The molecule has 0 spiro atoms. The smallest absolute Gasteiger partial charge is 0.159 e. The minimum Gasteiger partial charge on any atom is -0.345 e. The lowest BCUT2D eigenvalue weighted by atomic mass is 10.0. The van der Waals surface area contributed by atoms with Gasteiger partial charge in [0.15, 0.2) is 12.1 Å². The number of benzene rings is 2. The van der Waals surface area contributed by atoms with Crippen LogP contribution in [0.15, 0.2) is 60.7 Å². The van der Waals surface area contributed by atoms with Gasteiger partial charge in [-0.1, -0.05) is 60.7 Å². The second kappa shape index (κ2) is 6.66. The van der Waals surface area contributed by atoms with E-state index in [-0.39, 0.29) is 24.8 Å². The third kappa shape index (κ3) is 3.57. The molecule has 3 heteroatoms. The van der Waals surface area contributed by atoms with Crippen molar-refractivity contribution in [2.45, 2.75) is 25.2 Å². The zero-order chi connectivity index (χ0) is 14.5. The maximum absolute atomic E-state index is 11.3. The number of ether oxygens (including phenoxy) is 2. The van der Waals surface area contributed by atoms with Gasteiger partial charge in [-0.3, -0.25) is 4.79 Å². The molecule has 2 aromatic rings. The van der Waals surface area contributed by atoms with Crippen molar-refractivity contribution in [2.75, 3.05) is 6.61 Å². The van der Waals surface area contributed by atoms with Crippen molar-refractivity contribution in [2.24, 2.45) is 0 Å². The maximum Gasteiger partial charge on any atom is 0.159 e. The molecule has 0 amide bonds.